The monoisotopic (exact) mass is 924 g/mol. The number of alkyl carbamates (subject to hydrolysis) is 3. The van der Waals surface area contributed by atoms with Crippen LogP contribution in [0.3, 0.4) is 0 Å². The van der Waals surface area contributed by atoms with Gasteiger partial charge in [0.1, 0.15) is 22.3 Å². The summed E-state index contributed by atoms with van der Waals surface area (Å²) in [5.41, 5.74) is 3.79. The van der Waals surface area contributed by atoms with Crippen LogP contribution in [0.5, 0.6) is 0 Å². The Hall–Kier alpha value is -6.42. The third kappa shape index (κ3) is 22.7. The predicted octanol–water partition coefficient (Wildman–Crippen LogP) is 6.53. The van der Waals surface area contributed by atoms with Gasteiger partial charge >= 0.3 is 18.3 Å². The Morgan fingerprint density at radius 3 is 1.66 bits per heavy atom. The normalized spacial score (nSPS) is 11.5. The highest BCUT2D eigenvalue weighted by molar-refractivity contribution is 7.85. The van der Waals surface area contributed by atoms with E-state index in [1.165, 1.54) is 0 Å². The van der Waals surface area contributed by atoms with Crippen LogP contribution in [0.1, 0.15) is 81.6 Å². The average molecular weight is 925 g/mol. The number of carbonyl (C=O) groups excluding carboxylic acids is 3. The number of H-pyrrole nitrogens is 1. The molecule has 6 heterocycles. The van der Waals surface area contributed by atoms with Gasteiger partial charge in [0.25, 0.3) is 10.1 Å². The molecule has 22 heteroatoms. The van der Waals surface area contributed by atoms with Gasteiger partial charge in [-0.25, -0.2) is 44.3 Å². The first-order chi connectivity index (χ1) is 30.5. The summed E-state index contributed by atoms with van der Waals surface area (Å²) in [5, 5.41) is 7.96. The number of amides is 3. The number of imidazole rings is 3. The molecule has 0 aliphatic heterocycles. The third-order valence-corrected chi connectivity index (χ3v) is 8.33. The van der Waals surface area contributed by atoms with Crippen LogP contribution in [-0.2, 0) is 41.6 Å². The van der Waals surface area contributed by atoms with Gasteiger partial charge in [0.05, 0.1) is 42.9 Å². The molecule has 0 aliphatic rings. The zero-order chi connectivity index (χ0) is 48.1. The van der Waals surface area contributed by atoms with Crippen LogP contribution in [0, 0.1) is 0 Å². The van der Waals surface area contributed by atoms with Crippen molar-refractivity contribution in [3.05, 3.63) is 74.0 Å². The number of nitrogens with zero attached hydrogens (tertiary/aromatic N) is 8. The Labute approximate surface area is 380 Å². The summed E-state index contributed by atoms with van der Waals surface area (Å²) < 4.78 is 45.0. The molecule has 0 bridgehead atoms. The maximum absolute atomic E-state index is 11.5. The molecule has 6 aromatic rings. The van der Waals surface area contributed by atoms with Crippen molar-refractivity contribution >= 4 is 61.9 Å². The molecule has 6 rings (SSSR count). The molecule has 0 aromatic carbocycles. The van der Waals surface area contributed by atoms with Crippen LogP contribution in [0.4, 0.5) is 14.4 Å². The summed E-state index contributed by atoms with van der Waals surface area (Å²) in [6, 6.07) is 11.5. The van der Waals surface area contributed by atoms with E-state index in [2.05, 4.69) is 55.0 Å². The lowest BCUT2D eigenvalue weighted by Crippen LogP contribution is -2.33. The number of aromatic nitrogens is 9. The van der Waals surface area contributed by atoms with Crippen LogP contribution < -0.4 is 16.0 Å². The van der Waals surface area contributed by atoms with Crippen LogP contribution in [0.25, 0.3) is 33.5 Å². The molecule has 21 nitrogen and oxygen atoms in total. The number of aromatic amines is 1. The van der Waals surface area contributed by atoms with Gasteiger partial charge in [-0.3, -0.25) is 4.18 Å². The predicted molar refractivity (Wildman–Crippen MR) is 246 cm³/mol. The lowest BCUT2D eigenvalue weighted by Gasteiger charge is -2.19. The molecule has 0 aliphatic carbocycles. The summed E-state index contributed by atoms with van der Waals surface area (Å²) in [5.74, 6) is 0. The number of rotatable bonds is 13. The minimum atomic E-state index is -3.40. The van der Waals surface area contributed by atoms with Gasteiger partial charge in [0.15, 0.2) is 16.9 Å². The van der Waals surface area contributed by atoms with Crippen LogP contribution in [0.2, 0.25) is 0 Å². The van der Waals surface area contributed by atoms with Gasteiger partial charge in [0, 0.05) is 51.3 Å². The van der Waals surface area contributed by atoms with Gasteiger partial charge in [-0.1, -0.05) is 0 Å². The zero-order valence-electron chi connectivity index (χ0n) is 39.0. The van der Waals surface area contributed by atoms with Crippen molar-refractivity contribution < 1.29 is 41.2 Å². The topological polar surface area (TPSA) is 261 Å². The van der Waals surface area contributed by atoms with E-state index in [-0.39, 0.29) is 18.8 Å². The summed E-state index contributed by atoms with van der Waals surface area (Å²) in [7, 11) is -3.40. The molecule has 0 fully saturated rings. The fourth-order valence-corrected chi connectivity index (χ4v) is 5.63. The third-order valence-electron chi connectivity index (χ3n) is 7.74. The van der Waals surface area contributed by atoms with Crippen LogP contribution in [0.15, 0.2) is 74.0 Å². The van der Waals surface area contributed by atoms with Crippen molar-refractivity contribution in [1.29, 1.82) is 0 Å². The van der Waals surface area contributed by atoms with E-state index in [0.29, 0.717) is 26.1 Å². The van der Waals surface area contributed by atoms with E-state index in [0.717, 1.165) is 65.7 Å². The maximum atomic E-state index is 11.5. The van der Waals surface area contributed by atoms with E-state index < -0.39 is 33.0 Å². The number of aryl methyl sites for hydroxylation is 2. The Kier molecular flexibility index (Phi) is 20.5. The molecule has 6 aromatic heterocycles. The van der Waals surface area contributed by atoms with Gasteiger partial charge in [-0.2, -0.15) is 8.42 Å². The highest BCUT2D eigenvalue weighted by Crippen LogP contribution is 2.12. The Bertz CT molecular complexity index is 2350. The smallest absolute Gasteiger partial charge is 0.407 e. The second kappa shape index (κ2) is 25.2. The number of ether oxygens (including phenoxy) is 3. The minimum Gasteiger partial charge on any atom is -0.444 e. The van der Waals surface area contributed by atoms with Crippen molar-refractivity contribution in [2.45, 2.75) is 111 Å². The molecular formula is C43H64N12O9S. The number of pyridine rings is 3. The number of hydrogen-bond donors (Lipinski definition) is 4. The lowest BCUT2D eigenvalue weighted by molar-refractivity contribution is 0.0514. The maximum Gasteiger partial charge on any atom is 0.407 e. The van der Waals surface area contributed by atoms with E-state index in [4.69, 9.17) is 14.2 Å². The first kappa shape index (κ1) is 52.9. The fourth-order valence-electron chi connectivity index (χ4n) is 5.21. The summed E-state index contributed by atoms with van der Waals surface area (Å²) in [6.07, 6.45) is 12.1. The molecular weight excluding hydrogens is 861 g/mol. The highest BCUT2D eigenvalue weighted by atomic mass is 32.2. The highest BCUT2D eigenvalue weighted by Gasteiger charge is 2.17. The molecule has 65 heavy (non-hydrogen) atoms. The van der Waals surface area contributed by atoms with Crippen molar-refractivity contribution in [1.82, 2.24) is 60.0 Å². The number of hydrogen-bond acceptors (Lipinski definition) is 15. The molecule has 356 valence electrons. The summed E-state index contributed by atoms with van der Waals surface area (Å²) in [4.78, 5) is 61.9. The molecule has 0 unspecified atom stereocenters. The quantitative estimate of drug-likeness (QED) is 0.0545. The van der Waals surface area contributed by atoms with Gasteiger partial charge in [0.2, 0.25) is 0 Å². The Balaban J connectivity index is 0.000000238. The molecule has 0 spiro atoms. The average Bonchev–Trinajstić information content (AvgIpc) is 3.95. The van der Waals surface area contributed by atoms with E-state index in [1.807, 2.05) is 87.1 Å². The first-order valence-electron chi connectivity index (χ1n) is 21.0. The Morgan fingerprint density at radius 2 is 1.11 bits per heavy atom. The summed E-state index contributed by atoms with van der Waals surface area (Å²) in [6.45, 7) is 19.4. The second-order valence-electron chi connectivity index (χ2n) is 17.2. The number of nitrogens with one attached hydrogen (secondary N) is 4. The molecule has 0 saturated heterocycles. The summed E-state index contributed by atoms with van der Waals surface area (Å²) >= 11 is 0. The molecule has 3 amide bonds. The van der Waals surface area contributed by atoms with Crippen LogP contribution >= 0.6 is 0 Å². The van der Waals surface area contributed by atoms with Crippen molar-refractivity contribution in [3.63, 3.8) is 0 Å². The molecule has 0 saturated carbocycles. The molecule has 4 N–H and O–H groups in total. The number of carbonyl (C=O) groups is 3. The van der Waals surface area contributed by atoms with Crippen molar-refractivity contribution in [3.8, 4) is 0 Å². The van der Waals surface area contributed by atoms with Crippen LogP contribution in [-0.4, -0.2) is 120 Å². The van der Waals surface area contributed by atoms with E-state index in [9.17, 15) is 22.8 Å². The van der Waals surface area contributed by atoms with Gasteiger partial charge in [-0.15, -0.1) is 0 Å². The Morgan fingerprint density at radius 1 is 0.615 bits per heavy atom. The lowest BCUT2D eigenvalue weighted by atomic mass is 10.2. The number of fused-ring (bicyclic) bond motifs is 3. The van der Waals surface area contributed by atoms with E-state index in [1.54, 1.807) is 58.3 Å². The molecule has 0 radical (unpaired) electrons. The minimum absolute atomic E-state index is 0.0502. The van der Waals surface area contributed by atoms with Gasteiger partial charge < -0.3 is 44.3 Å². The van der Waals surface area contributed by atoms with Crippen molar-refractivity contribution in [2.24, 2.45) is 0 Å². The largest absolute Gasteiger partial charge is 0.444 e. The van der Waals surface area contributed by atoms with Gasteiger partial charge in [-0.05, 0) is 118 Å². The standard InChI is InChI=1S/2C14H20N4O2.C9H19NO5S.C6H5N3/c1-14(2,3)20-13(19)16-8-5-9-18-10-17-12-11(18)6-4-7-15-12;1-14(2,3)20-13(19)16-8-5-9-18-10-17-11-6-4-7-15-12(11)18;1-9(2,3)15-8(11)10-6-5-7-14-16(4,12)13;1-2-5-6(7-3-1)9-4-8-5/h2*4,6-7,10H,5,8-9H2,1-3H3,(H,16,19);5-7H2,1-4H3,(H,10,11);1-4H,(H,7,8,9). The fraction of sp³-hybridized carbons (Fsp3) is 0.512. The molecule has 0 atom stereocenters. The van der Waals surface area contributed by atoms with Crippen molar-refractivity contribution in [2.75, 3.05) is 32.5 Å². The second-order valence-corrected chi connectivity index (χ2v) is 18.9. The first-order valence-corrected chi connectivity index (χ1v) is 22.8. The zero-order valence-corrected chi connectivity index (χ0v) is 39.8. The SMILES string of the molecule is CC(C)(C)OC(=O)NCCCOS(C)(=O)=O.CC(C)(C)OC(=O)NCCCn1cnc2cccnc21.CC(C)(C)OC(=O)NCCCn1cnc2ncccc21.c1cnc2nc[nH]c2c1. The van der Waals surface area contributed by atoms with E-state index >= 15 is 0 Å².